The van der Waals surface area contributed by atoms with E-state index in [0.29, 0.717) is 6.54 Å². The minimum absolute atomic E-state index is 0.0764. The van der Waals surface area contributed by atoms with Gasteiger partial charge in [-0.05, 0) is 6.07 Å². The maximum Gasteiger partial charge on any atom is 0.288 e. The molecule has 0 unspecified atom stereocenters. The van der Waals surface area contributed by atoms with E-state index >= 15 is 0 Å². The summed E-state index contributed by atoms with van der Waals surface area (Å²) in [6.07, 6.45) is 0.929. The van der Waals surface area contributed by atoms with E-state index in [2.05, 4.69) is 9.97 Å². The fourth-order valence-corrected chi connectivity index (χ4v) is 5.53. The molecule has 2 heterocycles. The minimum atomic E-state index is -3.74. The van der Waals surface area contributed by atoms with E-state index in [1.54, 1.807) is 11.9 Å². The Morgan fingerprint density at radius 1 is 1.16 bits per heavy atom. The smallest absolute Gasteiger partial charge is 0.288 e. The van der Waals surface area contributed by atoms with E-state index in [1.165, 1.54) is 11.3 Å². The number of nitrogens with zero attached hydrogens (tertiary/aromatic N) is 4. The van der Waals surface area contributed by atoms with Crippen molar-refractivity contribution >= 4 is 53.4 Å². The Hall–Kier alpha value is -3.22. The van der Waals surface area contributed by atoms with E-state index < -0.39 is 26.0 Å². The van der Waals surface area contributed by atoms with Crippen molar-refractivity contribution in [2.75, 3.05) is 18.2 Å². The van der Waals surface area contributed by atoms with Gasteiger partial charge in [-0.25, -0.2) is 13.4 Å². The molecule has 0 N–H and O–H groups in total. The van der Waals surface area contributed by atoms with Crippen LogP contribution in [0.15, 0.2) is 57.5 Å². The van der Waals surface area contributed by atoms with Crippen LogP contribution in [0, 0.1) is 10.1 Å². The average molecular weight is 489 g/mol. The zero-order chi connectivity index (χ0) is 23.0. The number of thiazole rings is 1. The standard InChI is InChI=1S/C20H16N4O5S3/c1-23(10-13-11-30-19(21-13)12-6-4-3-5-7-12)20-22-18(25)15-8-14(32(2,28)29)9-16(24(26)27)17(15)31-20/h3-9,11H,10H2,1-2H3. The number of benzene rings is 2. The number of rotatable bonds is 6. The third-order valence-corrected chi connectivity index (χ3v) is 7.84. The van der Waals surface area contributed by atoms with Crippen LogP contribution in [0.1, 0.15) is 5.69 Å². The monoisotopic (exact) mass is 488 g/mol. The summed E-state index contributed by atoms with van der Waals surface area (Å²) in [7, 11) is -2.03. The fourth-order valence-electron chi connectivity index (χ4n) is 3.03. The van der Waals surface area contributed by atoms with Gasteiger partial charge in [0, 0.05) is 30.3 Å². The molecule has 0 radical (unpaired) electrons. The van der Waals surface area contributed by atoms with Crippen LogP contribution in [0.4, 0.5) is 10.8 Å². The number of fused-ring (bicyclic) bond motifs is 1. The molecule has 32 heavy (non-hydrogen) atoms. The zero-order valence-electron chi connectivity index (χ0n) is 16.9. The van der Waals surface area contributed by atoms with Crippen molar-refractivity contribution in [1.29, 1.82) is 0 Å². The summed E-state index contributed by atoms with van der Waals surface area (Å²) in [6.45, 7) is 0.340. The summed E-state index contributed by atoms with van der Waals surface area (Å²) in [5, 5.41) is 14.5. The van der Waals surface area contributed by atoms with Gasteiger partial charge in [-0.1, -0.05) is 41.7 Å². The second-order valence-electron chi connectivity index (χ2n) is 7.02. The van der Waals surface area contributed by atoms with Crippen LogP contribution >= 0.6 is 22.7 Å². The summed E-state index contributed by atoms with van der Waals surface area (Å²) in [6, 6.07) is 11.8. The highest BCUT2D eigenvalue weighted by molar-refractivity contribution is 7.90. The number of non-ortho nitro benzene ring substituents is 1. The average Bonchev–Trinajstić information content (AvgIpc) is 3.21. The number of aromatic nitrogens is 2. The van der Waals surface area contributed by atoms with Crippen LogP contribution in [-0.2, 0) is 16.4 Å². The molecule has 2 aromatic heterocycles. The molecular weight excluding hydrogens is 472 g/mol. The third kappa shape index (κ3) is 4.38. The van der Waals surface area contributed by atoms with Crippen molar-refractivity contribution in [2.45, 2.75) is 11.4 Å². The number of anilines is 1. The van der Waals surface area contributed by atoms with E-state index in [0.717, 1.165) is 46.0 Å². The van der Waals surface area contributed by atoms with Gasteiger partial charge in [0.15, 0.2) is 15.0 Å². The lowest BCUT2D eigenvalue weighted by molar-refractivity contribution is -0.383. The molecule has 0 aliphatic heterocycles. The van der Waals surface area contributed by atoms with Crippen LogP contribution in [0.3, 0.4) is 0 Å². The second-order valence-corrected chi connectivity index (χ2v) is 10.9. The molecule has 0 amide bonds. The van der Waals surface area contributed by atoms with Gasteiger partial charge in [0.05, 0.1) is 27.4 Å². The van der Waals surface area contributed by atoms with Gasteiger partial charge in [-0.15, -0.1) is 11.3 Å². The molecule has 0 saturated heterocycles. The Labute approximate surface area is 190 Å². The van der Waals surface area contributed by atoms with Gasteiger partial charge < -0.3 is 4.90 Å². The molecule has 0 aliphatic carbocycles. The molecule has 2 aromatic carbocycles. The van der Waals surface area contributed by atoms with Crippen molar-refractivity contribution in [2.24, 2.45) is 0 Å². The van der Waals surface area contributed by atoms with Crippen molar-refractivity contribution in [1.82, 2.24) is 9.97 Å². The van der Waals surface area contributed by atoms with Crippen LogP contribution in [0.2, 0.25) is 0 Å². The van der Waals surface area contributed by atoms with E-state index in [-0.39, 0.29) is 20.1 Å². The topological polar surface area (TPSA) is 123 Å². The number of hydrogen-bond donors (Lipinski definition) is 0. The van der Waals surface area contributed by atoms with Crippen LogP contribution in [0.5, 0.6) is 0 Å². The third-order valence-electron chi connectivity index (χ3n) is 4.59. The first-order valence-electron chi connectivity index (χ1n) is 9.18. The highest BCUT2D eigenvalue weighted by Gasteiger charge is 2.23. The van der Waals surface area contributed by atoms with Gasteiger partial charge in [-0.3, -0.25) is 14.9 Å². The highest BCUT2D eigenvalue weighted by atomic mass is 32.2. The van der Waals surface area contributed by atoms with Gasteiger partial charge in [0.25, 0.3) is 11.2 Å². The molecule has 4 aromatic rings. The normalized spacial score (nSPS) is 11.6. The van der Waals surface area contributed by atoms with E-state index in [4.69, 9.17) is 0 Å². The van der Waals surface area contributed by atoms with E-state index in [9.17, 15) is 23.3 Å². The summed E-state index contributed by atoms with van der Waals surface area (Å²) in [4.78, 5) is 33.6. The molecule has 4 rings (SSSR count). The Bertz CT molecular complexity index is 1500. The Kier molecular flexibility index (Phi) is 5.75. The Morgan fingerprint density at radius 3 is 2.53 bits per heavy atom. The summed E-state index contributed by atoms with van der Waals surface area (Å²) >= 11 is 2.45. The number of hydrogen-bond acceptors (Lipinski definition) is 10. The first-order chi connectivity index (χ1) is 15.1. The van der Waals surface area contributed by atoms with Crippen molar-refractivity contribution in [3.05, 3.63) is 74.0 Å². The Balaban J connectivity index is 1.72. The molecule has 0 fully saturated rings. The SMILES string of the molecule is CN(Cc1csc(-c2ccccc2)n1)c1nc(=O)c2cc(S(C)(=O)=O)cc([N+](=O)[O-])c2s1. The number of nitro benzene ring substituents is 1. The fraction of sp³-hybridized carbons (Fsp3) is 0.150. The first-order valence-corrected chi connectivity index (χ1v) is 12.8. The number of sulfone groups is 1. The van der Waals surface area contributed by atoms with Gasteiger partial charge >= 0.3 is 0 Å². The summed E-state index contributed by atoms with van der Waals surface area (Å²) < 4.78 is 23.9. The van der Waals surface area contributed by atoms with Crippen molar-refractivity contribution in [3.63, 3.8) is 0 Å². The summed E-state index contributed by atoms with van der Waals surface area (Å²) in [5.74, 6) is 0. The van der Waals surface area contributed by atoms with Gasteiger partial charge in [0.2, 0.25) is 0 Å². The lowest BCUT2D eigenvalue weighted by Crippen LogP contribution is -2.20. The maximum atomic E-state index is 12.6. The highest BCUT2D eigenvalue weighted by Crippen LogP contribution is 2.34. The zero-order valence-corrected chi connectivity index (χ0v) is 19.3. The van der Waals surface area contributed by atoms with Gasteiger partial charge in [-0.2, -0.15) is 4.98 Å². The number of nitro groups is 1. The quantitative estimate of drug-likeness (QED) is 0.297. The largest absolute Gasteiger partial charge is 0.345 e. The van der Waals surface area contributed by atoms with Crippen LogP contribution in [0.25, 0.3) is 20.7 Å². The molecule has 0 atom stereocenters. The lowest BCUT2D eigenvalue weighted by Gasteiger charge is -2.16. The predicted molar refractivity (Wildman–Crippen MR) is 125 cm³/mol. The predicted octanol–water partition coefficient (Wildman–Crippen LogP) is 3.73. The molecule has 0 aliphatic rings. The van der Waals surface area contributed by atoms with Crippen molar-refractivity contribution in [3.8, 4) is 10.6 Å². The molecule has 12 heteroatoms. The second kappa shape index (κ2) is 8.37. The maximum absolute atomic E-state index is 12.6. The molecular formula is C20H16N4O5S3. The van der Waals surface area contributed by atoms with E-state index in [1.807, 2.05) is 35.7 Å². The molecule has 0 saturated carbocycles. The minimum Gasteiger partial charge on any atom is -0.345 e. The Morgan fingerprint density at radius 2 is 1.88 bits per heavy atom. The van der Waals surface area contributed by atoms with Gasteiger partial charge in [0.1, 0.15) is 9.71 Å². The van der Waals surface area contributed by atoms with Crippen LogP contribution < -0.4 is 10.5 Å². The molecule has 0 spiro atoms. The van der Waals surface area contributed by atoms with Crippen LogP contribution in [-0.4, -0.2) is 36.6 Å². The molecule has 9 nitrogen and oxygen atoms in total. The summed E-state index contributed by atoms with van der Waals surface area (Å²) in [5.41, 5.74) is 0.594. The molecule has 164 valence electrons. The van der Waals surface area contributed by atoms with Crippen molar-refractivity contribution < 1.29 is 13.3 Å². The lowest BCUT2D eigenvalue weighted by atomic mass is 10.2. The molecule has 0 bridgehead atoms. The first kappa shape index (κ1) is 22.0.